The summed E-state index contributed by atoms with van der Waals surface area (Å²) in [5, 5.41) is 9.48. The molecule has 10 nitrogen and oxygen atoms in total. The van der Waals surface area contributed by atoms with Crippen LogP contribution in [0.1, 0.15) is 69.3 Å². The molecule has 2 aliphatic rings. The smallest absolute Gasteiger partial charge is 0.407 e. The van der Waals surface area contributed by atoms with Crippen LogP contribution in [-0.2, 0) is 19.4 Å². The van der Waals surface area contributed by atoms with Crippen molar-refractivity contribution < 1.29 is 32.6 Å². The quantitative estimate of drug-likeness (QED) is 0.505. The summed E-state index contributed by atoms with van der Waals surface area (Å²) in [6, 6.07) is 2.51. The summed E-state index contributed by atoms with van der Waals surface area (Å²) in [6.45, 7) is 9.75. The van der Waals surface area contributed by atoms with Crippen molar-refractivity contribution in [3.05, 3.63) is 23.3 Å². The van der Waals surface area contributed by atoms with Crippen molar-refractivity contribution in [1.29, 1.82) is 0 Å². The first-order valence-electron chi connectivity index (χ1n) is 12.8. The van der Waals surface area contributed by atoms with Gasteiger partial charge in [-0.05, 0) is 78.0 Å². The number of benzene rings is 1. The number of unbranched alkanes of at least 4 members (excludes halogenated alkanes) is 1. The van der Waals surface area contributed by atoms with Gasteiger partial charge in [-0.3, -0.25) is 9.59 Å². The highest BCUT2D eigenvalue weighted by molar-refractivity contribution is 7.94. The molecule has 3 amide bonds. The third-order valence-corrected chi connectivity index (χ3v) is 9.80. The maximum atomic E-state index is 13.9. The molecule has 206 valence electrons. The lowest BCUT2D eigenvalue weighted by atomic mass is 9.99. The van der Waals surface area contributed by atoms with Gasteiger partial charge in [-0.1, -0.05) is 0 Å². The number of rotatable bonds is 8. The molecule has 1 aromatic carbocycles. The number of amides is 3. The Labute approximate surface area is 219 Å². The first-order chi connectivity index (χ1) is 17.3. The zero-order valence-corrected chi connectivity index (χ0v) is 23.4. The molecule has 1 N–H and O–H groups in total. The Morgan fingerprint density at radius 2 is 1.92 bits per heavy atom. The number of hydrogen-bond donors (Lipinski definition) is 1. The summed E-state index contributed by atoms with van der Waals surface area (Å²) in [6.07, 6.45) is 1.61. The topological polar surface area (TPSA) is 125 Å². The number of carbonyl (C=O) groups excluding carboxylic acids is 2. The van der Waals surface area contributed by atoms with E-state index in [1.54, 1.807) is 18.9 Å². The van der Waals surface area contributed by atoms with E-state index in [4.69, 9.17) is 4.74 Å². The summed E-state index contributed by atoms with van der Waals surface area (Å²) in [7, 11) is -2.39. The van der Waals surface area contributed by atoms with Crippen LogP contribution >= 0.6 is 0 Å². The predicted molar refractivity (Wildman–Crippen MR) is 140 cm³/mol. The van der Waals surface area contributed by atoms with Gasteiger partial charge in [0.25, 0.3) is 5.91 Å². The van der Waals surface area contributed by atoms with Crippen LogP contribution in [0.2, 0.25) is 0 Å². The lowest BCUT2D eigenvalue weighted by Crippen LogP contribution is -2.55. The number of carbonyl (C=O) groups is 3. The van der Waals surface area contributed by atoms with E-state index in [1.807, 2.05) is 13.8 Å². The molecule has 0 saturated carbocycles. The normalized spacial score (nSPS) is 20.6. The second kappa shape index (κ2) is 11.0. The minimum atomic E-state index is -3.99. The van der Waals surface area contributed by atoms with Gasteiger partial charge < -0.3 is 24.5 Å². The fourth-order valence-electron chi connectivity index (χ4n) is 5.21. The number of carboxylic acid groups (broad SMARTS) is 1. The molecule has 0 aliphatic carbocycles. The summed E-state index contributed by atoms with van der Waals surface area (Å²) in [5.74, 6) is -0.827. The van der Waals surface area contributed by atoms with Crippen molar-refractivity contribution in [1.82, 2.24) is 9.80 Å². The van der Waals surface area contributed by atoms with Gasteiger partial charge in [-0.25, -0.2) is 13.2 Å². The SMILES string of the molecule is COCCCCN1C(=O)C(C)(C)S(=O)(=O)c2cc(C)c(C(=O)N(C(C)C)[C@@H]3CCCN(C(=O)O)C3)cc21. The third-order valence-electron chi connectivity index (χ3n) is 7.38. The summed E-state index contributed by atoms with van der Waals surface area (Å²) < 4.78 is 30.4. The highest BCUT2D eigenvalue weighted by Gasteiger charge is 2.51. The number of piperidine rings is 1. The average molecular weight is 538 g/mol. The van der Waals surface area contributed by atoms with Crippen LogP contribution in [0, 0.1) is 6.92 Å². The van der Waals surface area contributed by atoms with E-state index < -0.39 is 26.6 Å². The molecular weight excluding hydrogens is 498 g/mol. The molecule has 1 fully saturated rings. The number of sulfone groups is 1. The van der Waals surface area contributed by atoms with Gasteiger partial charge in [-0.15, -0.1) is 0 Å². The number of hydrogen-bond acceptors (Lipinski definition) is 6. The molecule has 3 rings (SSSR count). The van der Waals surface area contributed by atoms with E-state index in [-0.39, 0.29) is 35.1 Å². The number of likely N-dealkylation sites (tertiary alicyclic amines) is 1. The number of nitrogens with zero attached hydrogens (tertiary/aromatic N) is 3. The molecule has 0 aromatic heterocycles. The number of fused-ring (bicyclic) bond motifs is 1. The largest absolute Gasteiger partial charge is 0.465 e. The highest BCUT2D eigenvalue weighted by atomic mass is 32.2. The molecule has 11 heteroatoms. The first-order valence-corrected chi connectivity index (χ1v) is 14.2. The maximum absolute atomic E-state index is 13.9. The number of aryl methyl sites for hydroxylation is 1. The third kappa shape index (κ3) is 5.34. The Balaban J connectivity index is 2.07. The molecule has 0 radical (unpaired) electrons. The Hall–Kier alpha value is -2.66. The molecule has 1 saturated heterocycles. The maximum Gasteiger partial charge on any atom is 0.407 e. The molecular formula is C26H39N3O7S. The fraction of sp³-hybridized carbons (Fsp3) is 0.654. The minimum Gasteiger partial charge on any atom is -0.465 e. The van der Waals surface area contributed by atoms with E-state index >= 15 is 0 Å². The van der Waals surface area contributed by atoms with E-state index in [1.165, 1.54) is 35.8 Å². The monoisotopic (exact) mass is 537 g/mol. The molecule has 1 atom stereocenters. The van der Waals surface area contributed by atoms with Gasteiger partial charge in [-0.2, -0.15) is 0 Å². The van der Waals surface area contributed by atoms with Crippen molar-refractivity contribution in [2.75, 3.05) is 38.3 Å². The molecule has 37 heavy (non-hydrogen) atoms. The Bertz CT molecular complexity index is 1160. The van der Waals surface area contributed by atoms with Crippen molar-refractivity contribution in [2.24, 2.45) is 0 Å². The van der Waals surface area contributed by atoms with Crippen LogP contribution in [-0.4, -0.2) is 91.4 Å². The number of ether oxygens (including phenoxy) is 1. The number of anilines is 1. The first kappa shape index (κ1) is 28.9. The molecule has 2 aliphatic heterocycles. The Morgan fingerprint density at radius 3 is 2.51 bits per heavy atom. The molecule has 1 aromatic rings. The predicted octanol–water partition coefficient (Wildman–Crippen LogP) is 3.31. The van der Waals surface area contributed by atoms with Crippen LogP contribution in [0.25, 0.3) is 0 Å². The molecule has 0 bridgehead atoms. The minimum absolute atomic E-state index is 0.0451. The van der Waals surface area contributed by atoms with Gasteiger partial charge in [0.2, 0.25) is 5.91 Å². The van der Waals surface area contributed by atoms with Crippen LogP contribution in [0.5, 0.6) is 0 Å². The van der Waals surface area contributed by atoms with Gasteiger partial charge in [0.1, 0.15) is 4.75 Å². The average Bonchev–Trinajstić information content (AvgIpc) is 2.83. The van der Waals surface area contributed by atoms with Gasteiger partial charge in [0.05, 0.1) is 16.6 Å². The van der Waals surface area contributed by atoms with Gasteiger partial charge in [0, 0.05) is 45.0 Å². The van der Waals surface area contributed by atoms with Crippen molar-refractivity contribution in [3.63, 3.8) is 0 Å². The van der Waals surface area contributed by atoms with E-state index in [9.17, 15) is 27.9 Å². The van der Waals surface area contributed by atoms with E-state index in [0.29, 0.717) is 56.5 Å². The van der Waals surface area contributed by atoms with Gasteiger partial charge in [0.15, 0.2) is 9.84 Å². The van der Waals surface area contributed by atoms with E-state index in [0.717, 1.165) is 0 Å². The fourth-order valence-corrected chi connectivity index (χ4v) is 6.87. The van der Waals surface area contributed by atoms with Crippen LogP contribution in [0.4, 0.5) is 10.5 Å². The zero-order valence-electron chi connectivity index (χ0n) is 22.6. The van der Waals surface area contributed by atoms with Crippen LogP contribution in [0.3, 0.4) is 0 Å². The second-order valence-corrected chi connectivity index (χ2v) is 13.1. The Kier molecular flexibility index (Phi) is 8.58. The standard InChI is InChI=1S/C26H39N3O7S/c1-17(2)29(19-10-9-11-27(16-19)25(32)33)23(30)20-15-21-22(14-18(20)3)37(34,35)26(4,5)24(31)28(21)12-7-8-13-36-6/h14-15,17,19H,7-13,16H2,1-6H3,(H,32,33)/t19-/m1/s1. The van der Waals surface area contributed by atoms with Gasteiger partial charge >= 0.3 is 6.09 Å². The van der Waals surface area contributed by atoms with Crippen molar-refractivity contribution in [2.45, 2.75) is 82.0 Å². The lowest BCUT2D eigenvalue weighted by molar-refractivity contribution is -0.120. The number of methoxy groups -OCH3 is 1. The zero-order chi connectivity index (χ0) is 27.7. The summed E-state index contributed by atoms with van der Waals surface area (Å²) >= 11 is 0. The second-order valence-electron chi connectivity index (χ2n) is 10.6. The van der Waals surface area contributed by atoms with Crippen LogP contribution < -0.4 is 4.90 Å². The lowest BCUT2D eigenvalue weighted by Gasteiger charge is -2.41. The molecule has 0 spiro atoms. The Morgan fingerprint density at radius 1 is 1.24 bits per heavy atom. The van der Waals surface area contributed by atoms with Crippen molar-refractivity contribution in [3.8, 4) is 0 Å². The van der Waals surface area contributed by atoms with Crippen LogP contribution in [0.15, 0.2) is 17.0 Å². The summed E-state index contributed by atoms with van der Waals surface area (Å²) in [4.78, 5) is 43.5. The summed E-state index contributed by atoms with van der Waals surface area (Å²) in [5.41, 5.74) is 1.02. The highest BCUT2D eigenvalue weighted by Crippen LogP contribution is 2.42. The molecule has 0 unspecified atom stereocenters. The van der Waals surface area contributed by atoms with Crippen molar-refractivity contribution >= 4 is 33.4 Å². The molecule has 2 heterocycles. The van der Waals surface area contributed by atoms with E-state index in [2.05, 4.69) is 0 Å².